The Morgan fingerprint density at radius 1 is 0.714 bits per heavy atom. The van der Waals surface area contributed by atoms with Gasteiger partial charge in [0.05, 0.1) is 29.5 Å². The lowest BCUT2D eigenvalue weighted by atomic mass is 10.2. The van der Waals surface area contributed by atoms with Crippen LogP contribution in [0.4, 0.5) is 0 Å². The Morgan fingerprint density at radius 3 is 1.29 bits per heavy atom. The lowest BCUT2D eigenvalue weighted by molar-refractivity contribution is 0.483. The number of unbranched alkanes of at least 4 members (excludes halogenated alkanes) is 4. The number of benzene rings is 1. The first-order valence-corrected chi connectivity index (χ1v) is 15.1. The van der Waals surface area contributed by atoms with Crippen LogP contribution >= 0.6 is 7.26 Å². The second-order valence-electron chi connectivity index (χ2n) is 7.94. The van der Waals surface area contributed by atoms with Crippen LogP contribution in [0.1, 0.15) is 84.6 Å². The second-order valence-corrected chi connectivity index (χ2v) is 13.8. The van der Waals surface area contributed by atoms with E-state index in [2.05, 4.69) is 27.7 Å². The minimum absolute atomic E-state index is 0.0666. The zero-order chi connectivity index (χ0) is 21.5. The highest BCUT2D eigenvalue weighted by molar-refractivity contribution is 7.85. The molecule has 1 aromatic carbocycles. The van der Waals surface area contributed by atoms with Gasteiger partial charge < -0.3 is 0 Å². The maximum atomic E-state index is 10.5. The van der Waals surface area contributed by atoms with Crippen molar-refractivity contribution in [1.82, 2.24) is 0 Å². The maximum Gasteiger partial charge on any atom is 0.294 e. The van der Waals surface area contributed by atoms with Crippen molar-refractivity contribution in [3.63, 3.8) is 0 Å². The van der Waals surface area contributed by atoms with Crippen molar-refractivity contribution in [2.24, 2.45) is 0 Å². The van der Waals surface area contributed by atoms with Crippen LogP contribution in [0.3, 0.4) is 0 Å². The van der Waals surface area contributed by atoms with E-state index in [0.717, 1.165) is 5.56 Å². The smallest absolute Gasteiger partial charge is 0.282 e. The van der Waals surface area contributed by atoms with Crippen molar-refractivity contribution < 1.29 is 13.0 Å². The predicted molar refractivity (Wildman–Crippen MR) is 127 cm³/mol. The topological polar surface area (TPSA) is 54.4 Å². The molecule has 1 aromatic rings. The highest BCUT2D eigenvalue weighted by atomic mass is 32.2. The largest absolute Gasteiger partial charge is 0.294 e. The highest BCUT2D eigenvalue weighted by Crippen LogP contribution is 2.61. The Bertz CT molecular complexity index is 559. The van der Waals surface area contributed by atoms with E-state index >= 15 is 0 Å². The Labute approximate surface area is 175 Å². The summed E-state index contributed by atoms with van der Waals surface area (Å²) in [7, 11) is -4.58. The number of aryl methyl sites for hydroxylation is 1. The van der Waals surface area contributed by atoms with Gasteiger partial charge in [0.2, 0.25) is 0 Å². The van der Waals surface area contributed by atoms with Crippen molar-refractivity contribution in [2.45, 2.75) is 90.9 Å². The SMILES string of the molecule is CCCC[P+](CCCC)(CCCC)CCCC.Cc1ccc(S(=O)(=O)O)cc1. The van der Waals surface area contributed by atoms with Gasteiger partial charge in [0.25, 0.3) is 10.1 Å². The van der Waals surface area contributed by atoms with Gasteiger partial charge in [0.1, 0.15) is 0 Å². The lowest BCUT2D eigenvalue weighted by Crippen LogP contribution is -2.12. The van der Waals surface area contributed by atoms with Crippen molar-refractivity contribution in [3.05, 3.63) is 29.8 Å². The van der Waals surface area contributed by atoms with Crippen molar-refractivity contribution in [2.75, 3.05) is 24.6 Å². The van der Waals surface area contributed by atoms with E-state index < -0.39 is 17.4 Å². The molecular weight excluding hydrogens is 387 g/mol. The van der Waals surface area contributed by atoms with Crippen LogP contribution in [-0.4, -0.2) is 37.6 Å². The van der Waals surface area contributed by atoms with Gasteiger partial charge in [-0.05, 0) is 44.7 Å². The second kappa shape index (κ2) is 15.4. The fourth-order valence-corrected chi connectivity index (χ4v) is 9.13. The quantitative estimate of drug-likeness (QED) is 0.261. The molecule has 0 aliphatic rings. The molecule has 0 saturated heterocycles. The monoisotopic (exact) mass is 431 g/mol. The van der Waals surface area contributed by atoms with E-state index in [1.807, 2.05) is 6.92 Å². The normalized spacial score (nSPS) is 11.8. The first-order valence-electron chi connectivity index (χ1n) is 11.1. The summed E-state index contributed by atoms with van der Waals surface area (Å²) in [6.45, 7) is 11.3. The van der Waals surface area contributed by atoms with Crippen LogP contribution in [-0.2, 0) is 10.1 Å². The zero-order valence-electron chi connectivity index (χ0n) is 18.9. The van der Waals surface area contributed by atoms with E-state index in [-0.39, 0.29) is 4.90 Å². The molecule has 0 fully saturated rings. The van der Waals surface area contributed by atoms with E-state index in [4.69, 9.17) is 4.55 Å². The highest BCUT2D eigenvalue weighted by Gasteiger charge is 2.34. The summed E-state index contributed by atoms with van der Waals surface area (Å²) in [6.07, 6.45) is 17.9. The molecule has 0 aliphatic heterocycles. The average molecular weight is 432 g/mol. The molecule has 0 bridgehead atoms. The number of hydrogen-bond donors (Lipinski definition) is 1. The molecule has 0 amide bonds. The molecule has 0 aliphatic carbocycles. The van der Waals surface area contributed by atoms with Gasteiger partial charge in [-0.25, -0.2) is 0 Å². The van der Waals surface area contributed by atoms with Gasteiger partial charge in [-0.1, -0.05) is 71.1 Å². The van der Waals surface area contributed by atoms with Crippen LogP contribution in [0.25, 0.3) is 0 Å². The summed E-state index contributed by atoms with van der Waals surface area (Å²) in [5, 5.41) is 0. The Morgan fingerprint density at radius 2 is 1.04 bits per heavy atom. The van der Waals surface area contributed by atoms with Gasteiger partial charge in [0.15, 0.2) is 0 Å². The molecule has 0 unspecified atom stereocenters. The van der Waals surface area contributed by atoms with Gasteiger partial charge in [-0.3, -0.25) is 4.55 Å². The summed E-state index contributed by atoms with van der Waals surface area (Å²) in [5.74, 6) is 0. The fraction of sp³-hybridized carbons (Fsp3) is 0.739. The first-order chi connectivity index (χ1) is 13.2. The summed E-state index contributed by atoms with van der Waals surface area (Å²) < 4.78 is 29.6. The maximum absolute atomic E-state index is 10.5. The summed E-state index contributed by atoms with van der Waals surface area (Å²) in [6, 6.07) is 5.99. The predicted octanol–water partition coefficient (Wildman–Crippen LogP) is 7.45. The zero-order valence-corrected chi connectivity index (χ0v) is 20.6. The molecule has 0 atom stereocenters. The molecule has 0 aromatic heterocycles. The summed E-state index contributed by atoms with van der Waals surface area (Å²) >= 11 is 0. The van der Waals surface area contributed by atoms with Crippen LogP contribution in [0, 0.1) is 6.92 Å². The van der Waals surface area contributed by atoms with E-state index in [0.29, 0.717) is 0 Å². The molecule has 0 saturated carbocycles. The first kappa shape index (κ1) is 27.6. The standard InChI is InChI=1S/C16H36P.C7H8O3S/c1-5-9-13-17(14-10-6-2,15-11-7-3)16-12-8-4;1-6-2-4-7(5-3-6)11(8,9)10/h5-16H2,1-4H3;2-5H,1H3,(H,8,9,10)/q+1;. The third-order valence-electron chi connectivity index (χ3n) is 5.26. The summed E-state index contributed by atoms with van der Waals surface area (Å²) in [4.78, 5) is -0.0666. The van der Waals surface area contributed by atoms with Gasteiger partial charge in [-0.2, -0.15) is 8.42 Å². The molecular formula is C23H44O3PS+. The molecule has 0 radical (unpaired) electrons. The summed E-state index contributed by atoms with van der Waals surface area (Å²) in [5.41, 5.74) is 0.956. The minimum Gasteiger partial charge on any atom is -0.282 e. The molecule has 5 heteroatoms. The van der Waals surface area contributed by atoms with E-state index in [1.165, 1.54) is 63.5 Å². The third kappa shape index (κ3) is 12.2. The van der Waals surface area contributed by atoms with Gasteiger partial charge >= 0.3 is 0 Å². The van der Waals surface area contributed by atoms with Crippen molar-refractivity contribution in [1.29, 1.82) is 0 Å². The van der Waals surface area contributed by atoms with E-state index in [1.54, 1.807) is 36.8 Å². The van der Waals surface area contributed by atoms with Crippen LogP contribution in [0.15, 0.2) is 29.2 Å². The molecule has 0 heterocycles. The Kier molecular flexibility index (Phi) is 15.2. The average Bonchev–Trinajstić information content (AvgIpc) is 2.67. The third-order valence-corrected chi connectivity index (χ3v) is 11.2. The van der Waals surface area contributed by atoms with Crippen LogP contribution < -0.4 is 0 Å². The van der Waals surface area contributed by atoms with Crippen LogP contribution in [0.2, 0.25) is 0 Å². The van der Waals surface area contributed by atoms with Crippen molar-refractivity contribution in [3.8, 4) is 0 Å². The van der Waals surface area contributed by atoms with Gasteiger partial charge in [-0.15, -0.1) is 0 Å². The van der Waals surface area contributed by atoms with Crippen molar-refractivity contribution >= 4 is 17.4 Å². The molecule has 1 N–H and O–H groups in total. The minimum atomic E-state index is -4.02. The molecule has 1 rings (SSSR count). The van der Waals surface area contributed by atoms with E-state index in [9.17, 15) is 8.42 Å². The lowest BCUT2D eigenvalue weighted by Gasteiger charge is -2.28. The van der Waals surface area contributed by atoms with Crippen LogP contribution in [0.5, 0.6) is 0 Å². The van der Waals surface area contributed by atoms with Gasteiger partial charge in [0, 0.05) is 7.26 Å². The number of rotatable bonds is 13. The number of hydrogen-bond acceptors (Lipinski definition) is 2. The molecule has 0 spiro atoms. The Balaban J connectivity index is 0.000000567. The molecule has 3 nitrogen and oxygen atoms in total. The molecule has 164 valence electrons. The molecule has 28 heavy (non-hydrogen) atoms. The fourth-order valence-electron chi connectivity index (χ4n) is 3.36. The Hall–Kier alpha value is -0.440.